The molecule has 0 amide bonds. The summed E-state index contributed by atoms with van der Waals surface area (Å²) in [4.78, 5) is 11.5. The first-order chi connectivity index (χ1) is 9.24. The number of rotatable bonds is 3. The highest BCUT2D eigenvalue weighted by atomic mass is 32.1. The van der Waals surface area contributed by atoms with Crippen LogP contribution in [0.3, 0.4) is 0 Å². The quantitative estimate of drug-likeness (QED) is 0.934. The molecular weight excluding hydrogens is 260 g/mol. The van der Waals surface area contributed by atoms with Crippen molar-refractivity contribution >= 4 is 33.3 Å². The molecule has 1 aliphatic heterocycles. The van der Waals surface area contributed by atoms with E-state index in [1.54, 1.807) is 11.3 Å². The topological polar surface area (TPSA) is 50.3 Å². The number of hydrogen-bond donors (Lipinski definition) is 1. The summed E-state index contributed by atoms with van der Waals surface area (Å²) in [6.45, 7) is 7.45. The third kappa shape index (κ3) is 2.64. The summed E-state index contributed by atoms with van der Waals surface area (Å²) in [6.07, 6.45) is 0. The number of fused-ring (bicyclic) bond motifs is 1. The molecule has 0 atom stereocenters. The van der Waals surface area contributed by atoms with Gasteiger partial charge in [-0.2, -0.15) is 4.98 Å². The van der Waals surface area contributed by atoms with Crippen molar-refractivity contribution in [1.29, 1.82) is 0 Å². The number of morpholine rings is 1. The van der Waals surface area contributed by atoms with Gasteiger partial charge < -0.3 is 15.0 Å². The molecule has 1 aliphatic rings. The molecule has 1 saturated heterocycles. The Morgan fingerprint density at radius 3 is 2.84 bits per heavy atom. The fourth-order valence-electron chi connectivity index (χ4n) is 2.13. The van der Waals surface area contributed by atoms with Gasteiger partial charge in [-0.15, -0.1) is 11.3 Å². The van der Waals surface area contributed by atoms with E-state index in [0.29, 0.717) is 6.04 Å². The maximum atomic E-state index is 5.38. The smallest absolute Gasteiger partial charge is 0.228 e. The van der Waals surface area contributed by atoms with Crippen LogP contribution in [0.15, 0.2) is 11.4 Å². The molecule has 102 valence electrons. The molecule has 2 aromatic rings. The van der Waals surface area contributed by atoms with Crippen molar-refractivity contribution in [2.24, 2.45) is 0 Å². The minimum absolute atomic E-state index is 0.359. The second-order valence-electron chi connectivity index (χ2n) is 4.91. The van der Waals surface area contributed by atoms with Gasteiger partial charge in [0.25, 0.3) is 0 Å². The zero-order chi connectivity index (χ0) is 13.2. The average molecular weight is 278 g/mol. The number of anilines is 2. The molecule has 19 heavy (non-hydrogen) atoms. The van der Waals surface area contributed by atoms with Gasteiger partial charge in [0.05, 0.1) is 23.4 Å². The van der Waals surface area contributed by atoms with Crippen LogP contribution in [-0.2, 0) is 4.74 Å². The lowest BCUT2D eigenvalue weighted by atomic mass is 10.3. The minimum atomic E-state index is 0.359. The normalized spacial score (nSPS) is 16.3. The fourth-order valence-corrected chi connectivity index (χ4v) is 2.91. The monoisotopic (exact) mass is 278 g/mol. The van der Waals surface area contributed by atoms with Crippen molar-refractivity contribution in [2.45, 2.75) is 19.9 Å². The highest BCUT2D eigenvalue weighted by molar-refractivity contribution is 7.17. The van der Waals surface area contributed by atoms with E-state index < -0.39 is 0 Å². The molecule has 0 saturated carbocycles. The van der Waals surface area contributed by atoms with Gasteiger partial charge in [-0.3, -0.25) is 0 Å². The highest BCUT2D eigenvalue weighted by Crippen LogP contribution is 2.28. The first kappa shape index (κ1) is 12.6. The molecule has 0 aliphatic carbocycles. The van der Waals surface area contributed by atoms with Gasteiger partial charge in [0, 0.05) is 19.1 Å². The van der Waals surface area contributed by atoms with Crippen LogP contribution in [0.4, 0.5) is 11.8 Å². The standard InChI is InChI=1S/C13H18N4OS/c1-9(2)14-12-11-10(3-8-19-11)15-13(16-12)17-4-6-18-7-5-17/h3,8-9H,4-7H2,1-2H3,(H,14,15,16). The third-order valence-corrected chi connectivity index (χ3v) is 3.92. The van der Waals surface area contributed by atoms with Crippen LogP contribution in [0, 0.1) is 0 Å². The second-order valence-corrected chi connectivity index (χ2v) is 5.82. The third-order valence-electron chi connectivity index (χ3n) is 3.01. The molecule has 0 bridgehead atoms. The van der Waals surface area contributed by atoms with Gasteiger partial charge in [0.15, 0.2) is 0 Å². The Bertz CT molecular complexity index is 563. The lowest BCUT2D eigenvalue weighted by Crippen LogP contribution is -2.37. The van der Waals surface area contributed by atoms with Gasteiger partial charge in [-0.1, -0.05) is 0 Å². The lowest BCUT2D eigenvalue weighted by Gasteiger charge is -2.27. The van der Waals surface area contributed by atoms with Gasteiger partial charge in [0.2, 0.25) is 5.95 Å². The zero-order valence-electron chi connectivity index (χ0n) is 11.2. The second kappa shape index (κ2) is 5.30. The van der Waals surface area contributed by atoms with Crippen molar-refractivity contribution in [3.05, 3.63) is 11.4 Å². The average Bonchev–Trinajstić information content (AvgIpc) is 2.87. The van der Waals surface area contributed by atoms with Crippen molar-refractivity contribution in [3.63, 3.8) is 0 Å². The number of aromatic nitrogens is 2. The van der Waals surface area contributed by atoms with Crippen LogP contribution >= 0.6 is 11.3 Å². The summed E-state index contributed by atoms with van der Waals surface area (Å²) in [5.41, 5.74) is 1.02. The van der Waals surface area contributed by atoms with E-state index in [9.17, 15) is 0 Å². The van der Waals surface area contributed by atoms with Gasteiger partial charge in [-0.05, 0) is 25.3 Å². The molecule has 1 fully saturated rings. The molecule has 1 N–H and O–H groups in total. The molecule has 5 nitrogen and oxygen atoms in total. The number of hydrogen-bond acceptors (Lipinski definition) is 6. The van der Waals surface area contributed by atoms with E-state index in [2.05, 4.69) is 40.5 Å². The Labute approximate surface area is 116 Å². The number of ether oxygens (including phenoxy) is 1. The molecule has 0 spiro atoms. The van der Waals surface area contributed by atoms with Crippen molar-refractivity contribution < 1.29 is 4.74 Å². The van der Waals surface area contributed by atoms with Crippen LogP contribution in [0.1, 0.15) is 13.8 Å². The minimum Gasteiger partial charge on any atom is -0.378 e. The van der Waals surface area contributed by atoms with Gasteiger partial charge in [-0.25, -0.2) is 4.98 Å². The van der Waals surface area contributed by atoms with Crippen LogP contribution in [0.2, 0.25) is 0 Å². The summed E-state index contributed by atoms with van der Waals surface area (Å²) in [5, 5.41) is 5.48. The van der Waals surface area contributed by atoms with Crippen molar-refractivity contribution in [3.8, 4) is 0 Å². The van der Waals surface area contributed by atoms with E-state index >= 15 is 0 Å². The van der Waals surface area contributed by atoms with Crippen LogP contribution in [0.5, 0.6) is 0 Å². The van der Waals surface area contributed by atoms with Crippen LogP contribution in [-0.4, -0.2) is 42.3 Å². The largest absolute Gasteiger partial charge is 0.378 e. The number of nitrogens with zero attached hydrogens (tertiary/aromatic N) is 3. The van der Waals surface area contributed by atoms with E-state index in [4.69, 9.17) is 9.72 Å². The summed E-state index contributed by atoms with van der Waals surface area (Å²) in [7, 11) is 0. The lowest BCUT2D eigenvalue weighted by molar-refractivity contribution is 0.122. The van der Waals surface area contributed by atoms with E-state index in [0.717, 1.165) is 48.3 Å². The SMILES string of the molecule is CC(C)Nc1nc(N2CCOCC2)nc2ccsc12. The predicted molar refractivity (Wildman–Crippen MR) is 79.2 cm³/mol. The Morgan fingerprint density at radius 1 is 1.32 bits per heavy atom. The van der Waals surface area contributed by atoms with Crippen LogP contribution < -0.4 is 10.2 Å². The van der Waals surface area contributed by atoms with Crippen molar-refractivity contribution in [2.75, 3.05) is 36.5 Å². The summed E-state index contributed by atoms with van der Waals surface area (Å²) in [6, 6.07) is 2.41. The molecular formula is C13H18N4OS. The summed E-state index contributed by atoms with van der Waals surface area (Å²) < 4.78 is 6.51. The van der Waals surface area contributed by atoms with E-state index in [1.165, 1.54) is 0 Å². The molecule has 0 unspecified atom stereocenters. The van der Waals surface area contributed by atoms with Gasteiger partial charge >= 0.3 is 0 Å². The first-order valence-electron chi connectivity index (χ1n) is 6.58. The Kier molecular flexibility index (Phi) is 3.52. The van der Waals surface area contributed by atoms with Crippen LogP contribution in [0.25, 0.3) is 10.2 Å². The molecule has 2 aromatic heterocycles. The zero-order valence-corrected chi connectivity index (χ0v) is 12.0. The molecule has 3 rings (SSSR count). The predicted octanol–water partition coefficient (Wildman–Crippen LogP) is 2.35. The molecule has 0 radical (unpaired) electrons. The summed E-state index contributed by atoms with van der Waals surface area (Å²) >= 11 is 1.68. The highest BCUT2D eigenvalue weighted by Gasteiger charge is 2.17. The van der Waals surface area contributed by atoms with Crippen molar-refractivity contribution in [1.82, 2.24) is 9.97 Å². The Balaban J connectivity index is 1.99. The first-order valence-corrected chi connectivity index (χ1v) is 7.46. The number of nitrogens with one attached hydrogen (secondary N) is 1. The fraction of sp³-hybridized carbons (Fsp3) is 0.538. The van der Waals surface area contributed by atoms with Gasteiger partial charge in [0.1, 0.15) is 5.82 Å². The molecule has 6 heteroatoms. The number of thiophene rings is 1. The molecule has 0 aromatic carbocycles. The maximum absolute atomic E-state index is 5.38. The summed E-state index contributed by atoms with van der Waals surface area (Å²) in [5.74, 6) is 1.74. The Morgan fingerprint density at radius 2 is 2.11 bits per heavy atom. The Hall–Kier alpha value is -1.40. The van der Waals surface area contributed by atoms with E-state index in [1.807, 2.05) is 0 Å². The maximum Gasteiger partial charge on any atom is 0.228 e. The molecule has 3 heterocycles. The van der Waals surface area contributed by atoms with E-state index in [-0.39, 0.29) is 0 Å².